The lowest BCUT2D eigenvalue weighted by atomic mass is 10.3. The summed E-state index contributed by atoms with van der Waals surface area (Å²) in [6, 6.07) is 0. The van der Waals surface area contributed by atoms with Crippen LogP contribution >= 0.6 is 0 Å². The zero-order valence-corrected chi connectivity index (χ0v) is 8.45. The minimum Gasteiger partial charge on any atom is -0.462 e. The maximum absolute atomic E-state index is 10.9. The van der Waals surface area contributed by atoms with Gasteiger partial charge in [0.1, 0.15) is 5.82 Å². The molecular formula is C9H13N3O3. The largest absolute Gasteiger partial charge is 0.462 e. The van der Waals surface area contributed by atoms with Gasteiger partial charge in [-0.25, -0.2) is 9.78 Å². The van der Waals surface area contributed by atoms with Gasteiger partial charge < -0.3 is 15.0 Å². The van der Waals surface area contributed by atoms with E-state index in [0.717, 1.165) is 18.7 Å². The molecule has 1 amide bonds. The van der Waals surface area contributed by atoms with E-state index < -0.39 is 11.9 Å². The maximum atomic E-state index is 10.9. The molecular weight excluding hydrogens is 198 g/mol. The second kappa shape index (κ2) is 5.79. The van der Waals surface area contributed by atoms with E-state index in [1.54, 1.807) is 12.4 Å². The average Bonchev–Trinajstić information content (AvgIpc) is 2.75. The zero-order valence-electron chi connectivity index (χ0n) is 8.45. The van der Waals surface area contributed by atoms with Crippen molar-refractivity contribution in [2.45, 2.75) is 12.8 Å². The Bertz CT molecular complexity index is 321. The third-order valence-electron chi connectivity index (χ3n) is 1.80. The van der Waals surface area contributed by atoms with Gasteiger partial charge in [0, 0.05) is 25.4 Å². The number of aryl methyl sites for hydroxylation is 1. The first-order valence-electron chi connectivity index (χ1n) is 4.58. The highest BCUT2D eigenvalue weighted by atomic mass is 16.5. The van der Waals surface area contributed by atoms with Crippen LogP contribution in [0.1, 0.15) is 12.2 Å². The van der Waals surface area contributed by atoms with Gasteiger partial charge in [0.15, 0.2) is 0 Å². The number of aromatic nitrogens is 2. The van der Waals surface area contributed by atoms with Gasteiger partial charge in [0.25, 0.3) is 0 Å². The highest BCUT2D eigenvalue weighted by Gasteiger charge is 2.11. The number of ether oxygens (including phenoxy) is 1. The number of hydrogen-bond acceptors (Lipinski definition) is 4. The van der Waals surface area contributed by atoms with Gasteiger partial charge in [-0.05, 0) is 6.42 Å². The van der Waals surface area contributed by atoms with Crippen LogP contribution in [-0.2, 0) is 20.7 Å². The quantitative estimate of drug-likeness (QED) is 0.404. The first-order chi connectivity index (χ1) is 7.24. The van der Waals surface area contributed by atoms with Crippen LogP contribution in [0.25, 0.3) is 0 Å². The van der Waals surface area contributed by atoms with Crippen molar-refractivity contribution < 1.29 is 14.3 Å². The summed E-state index contributed by atoms with van der Waals surface area (Å²) in [6.07, 6.45) is 4.86. The van der Waals surface area contributed by atoms with E-state index in [9.17, 15) is 9.59 Å². The third-order valence-corrected chi connectivity index (χ3v) is 1.80. The van der Waals surface area contributed by atoms with Gasteiger partial charge in [-0.3, -0.25) is 4.79 Å². The predicted octanol–water partition coefficient (Wildman–Crippen LogP) is -0.369. The van der Waals surface area contributed by atoms with E-state index in [1.807, 2.05) is 0 Å². The average molecular weight is 211 g/mol. The van der Waals surface area contributed by atoms with Gasteiger partial charge in [-0.1, -0.05) is 0 Å². The van der Waals surface area contributed by atoms with Crippen LogP contribution in [-0.4, -0.2) is 35.5 Å². The molecule has 1 aromatic rings. The molecule has 0 aromatic carbocycles. The van der Waals surface area contributed by atoms with Crippen LogP contribution < -0.4 is 5.32 Å². The Balaban J connectivity index is 2.12. The first kappa shape index (κ1) is 11.2. The fraction of sp³-hybridized carbons (Fsp3) is 0.444. The lowest BCUT2D eigenvalue weighted by Crippen LogP contribution is -2.32. The van der Waals surface area contributed by atoms with E-state index in [2.05, 4.69) is 20.0 Å². The van der Waals surface area contributed by atoms with Gasteiger partial charge in [0.05, 0.1) is 7.11 Å². The van der Waals surface area contributed by atoms with Gasteiger partial charge in [0.2, 0.25) is 0 Å². The number of carbonyl (C=O) groups excluding carboxylic acids is 2. The lowest BCUT2D eigenvalue weighted by molar-refractivity contribution is -0.152. The van der Waals surface area contributed by atoms with Crippen LogP contribution in [0.2, 0.25) is 0 Å². The molecule has 0 aliphatic carbocycles. The highest BCUT2D eigenvalue weighted by Crippen LogP contribution is 1.93. The number of methoxy groups -OCH3 is 1. The van der Waals surface area contributed by atoms with Crippen molar-refractivity contribution in [1.29, 1.82) is 0 Å². The number of H-pyrrole nitrogens is 1. The van der Waals surface area contributed by atoms with Crippen LogP contribution in [0, 0.1) is 0 Å². The Labute approximate surface area is 87.0 Å². The molecule has 1 heterocycles. The van der Waals surface area contributed by atoms with Gasteiger partial charge in [-0.15, -0.1) is 0 Å². The lowest BCUT2D eigenvalue weighted by Gasteiger charge is -2.01. The first-order valence-corrected chi connectivity index (χ1v) is 4.58. The fourth-order valence-corrected chi connectivity index (χ4v) is 1.06. The summed E-state index contributed by atoms with van der Waals surface area (Å²) in [5, 5.41) is 2.44. The Kier molecular flexibility index (Phi) is 4.33. The van der Waals surface area contributed by atoms with Crippen LogP contribution in [0.5, 0.6) is 0 Å². The number of aromatic amines is 1. The molecule has 0 aliphatic rings. The molecule has 0 spiro atoms. The molecule has 0 saturated heterocycles. The summed E-state index contributed by atoms with van der Waals surface area (Å²) in [4.78, 5) is 28.6. The molecule has 0 atom stereocenters. The Morgan fingerprint density at radius 1 is 1.60 bits per heavy atom. The Morgan fingerprint density at radius 2 is 2.40 bits per heavy atom. The van der Waals surface area contributed by atoms with Crippen LogP contribution in [0.3, 0.4) is 0 Å². The summed E-state index contributed by atoms with van der Waals surface area (Å²) in [6.45, 7) is 0.425. The number of carbonyl (C=O) groups is 2. The summed E-state index contributed by atoms with van der Waals surface area (Å²) >= 11 is 0. The fourth-order valence-electron chi connectivity index (χ4n) is 1.06. The molecule has 6 heteroatoms. The molecule has 0 aliphatic heterocycles. The second-order valence-corrected chi connectivity index (χ2v) is 2.89. The number of amides is 1. The molecule has 1 rings (SSSR count). The van der Waals surface area contributed by atoms with Crippen molar-refractivity contribution in [1.82, 2.24) is 15.3 Å². The Morgan fingerprint density at radius 3 is 3.00 bits per heavy atom. The number of imidazole rings is 1. The molecule has 0 saturated carbocycles. The molecule has 82 valence electrons. The Hall–Kier alpha value is -1.85. The van der Waals surface area contributed by atoms with Crippen molar-refractivity contribution in [3.63, 3.8) is 0 Å². The normalized spacial score (nSPS) is 9.67. The van der Waals surface area contributed by atoms with E-state index >= 15 is 0 Å². The van der Waals surface area contributed by atoms with Crippen molar-refractivity contribution in [3.05, 3.63) is 18.2 Å². The molecule has 0 bridgehead atoms. The van der Waals surface area contributed by atoms with E-state index in [0.29, 0.717) is 6.54 Å². The molecule has 0 fully saturated rings. The van der Waals surface area contributed by atoms with E-state index in [4.69, 9.17) is 0 Å². The SMILES string of the molecule is COC(=O)C(=O)NCCCc1ncc[nH]1. The maximum Gasteiger partial charge on any atom is 0.396 e. The van der Waals surface area contributed by atoms with E-state index in [-0.39, 0.29) is 0 Å². The van der Waals surface area contributed by atoms with Crippen molar-refractivity contribution in [3.8, 4) is 0 Å². The van der Waals surface area contributed by atoms with Gasteiger partial charge >= 0.3 is 11.9 Å². The summed E-state index contributed by atoms with van der Waals surface area (Å²) in [7, 11) is 1.17. The molecule has 0 radical (unpaired) electrons. The van der Waals surface area contributed by atoms with Crippen molar-refractivity contribution in [2.75, 3.05) is 13.7 Å². The molecule has 15 heavy (non-hydrogen) atoms. The summed E-state index contributed by atoms with van der Waals surface area (Å²) < 4.78 is 4.25. The summed E-state index contributed by atoms with van der Waals surface area (Å²) in [5.41, 5.74) is 0. The number of esters is 1. The second-order valence-electron chi connectivity index (χ2n) is 2.89. The minimum absolute atomic E-state index is 0.425. The molecule has 6 nitrogen and oxygen atoms in total. The highest BCUT2D eigenvalue weighted by molar-refractivity contribution is 6.32. The van der Waals surface area contributed by atoms with Crippen LogP contribution in [0.15, 0.2) is 12.4 Å². The third kappa shape index (κ3) is 3.80. The topological polar surface area (TPSA) is 84.1 Å². The van der Waals surface area contributed by atoms with E-state index in [1.165, 1.54) is 7.11 Å². The smallest absolute Gasteiger partial charge is 0.396 e. The summed E-state index contributed by atoms with van der Waals surface area (Å²) in [5.74, 6) is -0.715. The zero-order chi connectivity index (χ0) is 11.1. The van der Waals surface area contributed by atoms with Gasteiger partial charge in [-0.2, -0.15) is 0 Å². The van der Waals surface area contributed by atoms with Crippen molar-refractivity contribution in [2.24, 2.45) is 0 Å². The number of hydrogen-bond donors (Lipinski definition) is 2. The standard InChI is InChI=1S/C9H13N3O3/c1-15-9(14)8(13)12-4-2-3-7-10-5-6-11-7/h5-6H,2-4H2,1H3,(H,10,11)(H,12,13). The predicted molar refractivity (Wildman–Crippen MR) is 51.9 cm³/mol. The molecule has 2 N–H and O–H groups in total. The molecule has 0 unspecified atom stereocenters. The monoisotopic (exact) mass is 211 g/mol. The molecule has 1 aromatic heterocycles. The number of rotatable bonds is 4. The number of nitrogens with one attached hydrogen (secondary N) is 2. The number of nitrogens with zero attached hydrogens (tertiary/aromatic N) is 1. The van der Waals surface area contributed by atoms with Crippen molar-refractivity contribution >= 4 is 11.9 Å². The minimum atomic E-state index is -0.868. The van der Waals surface area contributed by atoms with Crippen LogP contribution in [0.4, 0.5) is 0 Å².